The van der Waals surface area contributed by atoms with Crippen LogP contribution in [0, 0.1) is 11.8 Å². The quantitative estimate of drug-likeness (QED) is 0.710. The van der Waals surface area contributed by atoms with Gasteiger partial charge in [0.1, 0.15) is 6.04 Å². The zero-order valence-electron chi connectivity index (χ0n) is 12.3. The van der Waals surface area contributed by atoms with Crippen LogP contribution in [0.15, 0.2) is 11.8 Å². The van der Waals surface area contributed by atoms with Crippen molar-refractivity contribution in [2.45, 2.75) is 46.2 Å². The largest absolute Gasteiger partial charge is 0.467 e. The van der Waals surface area contributed by atoms with Gasteiger partial charge in [0.05, 0.1) is 13.2 Å². The second-order valence-corrected chi connectivity index (χ2v) is 5.68. The number of rotatable bonds is 6. The third-order valence-corrected chi connectivity index (χ3v) is 3.12. The second-order valence-electron chi connectivity index (χ2n) is 5.68. The predicted octanol–water partition coefficient (Wildman–Crippen LogP) is 1.20. The maximum absolute atomic E-state index is 11.8. The molecule has 0 aliphatic carbocycles. The summed E-state index contributed by atoms with van der Waals surface area (Å²) in [4.78, 5) is 23.2. The van der Waals surface area contributed by atoms with Crippen LogP contribution in [0.2, 0.25) is 0 Å². The number of carbonyl (C=O) groups excluding carboxylic acids is 2. The lowest BCUT2D eigenvalue weighted by Crippen LogP contribution is -2.44. The van der Waals surface area contributed by atoms with E-state index in [0.29, 0.717) is 12.3 Å². The Kier molecular flexibility index (Phi) is 5.39. The van der Waals surface area contributed by atoms with Crippen LogP contribution in [-0.4, -0.2) is 31.1 Å². The molecule has 5 heteroatoms. The van der Waals surface area contributed by atoms with E-state index in [1.165, 1.54) is 13.2 Å². The van der Waals surface area contributed by atoms with Gasteiger partial charge in [-0.05, 0) is 18.3 Å². The fourth-order valence-corrected chi connectivity index (χ4v) is 2.19. The molecule has 1 heterocycles. The molecule has 108 valence electrons. The van der Waals surface area contributed by atoms with Gasteiger partial charge in [0.15, 0.2) is 0 Å². The third kappa shape index (κ3) is 4.26. The molecule has 2 atom stereocenters. The molecule has 0 bridgehead atoms. The average molecular weight is 268 g/mol. The first-order chi connectivity index (χ1) is 8.85. The molecule has 0 radical (unpaired) electrons. The second kappa shape index (κ2) is 6.59. The summed E-state index contributed by atoms with van der Waals surface area (Å²) < 4.78 is 4.81. The normalized spacial score (nSPS) is 20.3. The van der Waals surface area contributed by atoms with Gasteiger partial charge in [-0.1, -0.05) is 27.7 Å². The highest BCUT2D eigenvalue weighted by atomic mass is 16.5. The lowest BCUT2D eigenvalue weighted by molar-refractivity contribution is -0.143. The zero-order chi connectivity index (χ0) is 14.6. The van der Waals surface area contributed by atoms with E-state index in [9.17, 15) is 9.59 Å². The number of methoxy groups -OCH3 is 1. The molecule has 0 aromatic rings. The molecular weight excluding hydrogens is 244 g/mol. The van der Waals surface area contributed by atoms with E-state index in [1.807, 2.05) is 27.7 Å². The molecule has 0 saturated carbocycles. The fraction of sp³-hybridized carbons (Fsp3) is 0.714. The number of amides is 1. The SMILES string of the molecule is COC(=O)[C@H](CC(C)C)NC1=CC(=O)N[C@H]1C(C)C. The Morgan fingerprint density at radius 1 is 1.42 bits per heavy atom. The summed E-state index contributed by atoms with van der Waals surface area (Å²) in [7, 11) is 1.38. The van der Waals surface area contributed by atoms with Gasteiger partial charge in [0.25, 0.3) is 0 Å². The summed E-state index contributed by atoms with van der Waals surface area (Å²) in [5, 5.41) is 6.04. The van der Waals surface area contributed by atoms with Crippen LogP contribution >= 0.6 is 0 Å². The van der Waals surface area contributed by atoms with Crippen molar-refractivity contribution in [3.05, 3.63) is 11.8 Å². The van der Waals surface area contributed by atoms with E-state index in [0.717, 1.165) is 5.70 Å². The monoisotopic (exact) mass is 268 g/mol. The summed E-state index contributed by atoms with van der Waals surface area (Å²) in [5.74, 6) is 0.216. The number of esters is 1. The van der Waals surface area contributed by atoms with Crippen molar-refractivity contribution in [2.24, 2.45) is 11.8 Å². The summed E-state index contributed by atoms with van der Waals surface area (Å²) in [6, 6.07) is -0.475. The van der Waals surface area contributed by atoms with Crippen molar-refractivity contribution in [1.29, 1.82) is 0 Å². The summed E-state index contributed by atoms with van der Waals surface area (Å²) in [6.45, 7) is 8.15. The zero-order valence-corrected chi connectivity index (χ0v) is 12.3. The van der Waals surface area contributed by atoms with Crippen molar-refractivity contribution in [3.8, 4) is 0 Å². The summed E-state index contributed by atoms with van der Waals surface area (Å²) >= 11 is 0. The van der Waals surface area contributed by atoms with Crippen LogP contribution in [0.4, 0.5) is 0 Å². The maximum Gasteiger partial charge on any atom is 0.328 e. The van der Waals surface area contributed by atoms with Gasteiger partial charge in [-0.2, -0.15) is 0 Å². The van der Waals surface area contributed by atoms with Crippen LogP contribution in [0.1, 0.15) is 34.1 Å². The molecule has 1 aliphatic heterocycles. The van der Waals surface area contributed by atoms with Gasteiger partial charge < -0.3 is 15.4 Å². The molecule has 1 aliphatic rings. The number of hydrogen-bond acceptors (Lipinski definition) is 4. The van der Waals surface area contributed by atoms with Crippen LogP contribution in [0.3, 0.4) is 0 Å². The van der Waals surface area contributed by atoms with Gasteiger partial charge in [-0.15, -0.1) is 0 Å². The first kappa shape index (κ1) is 15.5. The Morgan fingerprint density at radius 3 is 2.53 bits per heavy atom. The summed E-state index contributed by atoms with van der Waals surface area (Å²) in [6.07, 6.45) is 2.20. The highest BCUT2D eigenvalue weighted by molar-refractivity contribution is 5.92. The van der Waals surface area contributed by atoms with Gasteiger partial charge in [-0.3, -0.25) is 4.79 Å². The molecule has 19 heavy (non-hydrogen) atoms. The van der Waals surface area contributed by atoms with E-state index in [-0.39, 0.29) is 23.8 Å². The van der Waals surface area contributed by atoms with E-state index in [4.69, 9.17) is 4.74 Å². The summed E-state index contributed by atoms with van der Waals surface area (Å²) in [5.41, 5.74) is 0.774. The molecule has 0 fully saturated rings. The molecule has 1 amide bonds. The van der Waals surface area contributed by atoms with Crippen molar-refractivity contribution < 1.29 is 14.3 Å². The lowest BCUT2D eigenvalue weighted by Gasteiger charge is -2.25. The first-order valence-corrected chi connectivity index (χ1v) is 6.71. The van der Waals surface area contributed by atoms with Crippen molar-refractivity contribution in [1.82, 2.24) is 10.6 Å². The van der Waals surface area contributed by atoms with Crippen LogP contribution < -0.4 is 10.6 Å². The highest BCUT2D eigenvalue weighted by Crippen LogP contribution is 2.17. The standard InChI is InChI=1S/C14H24N2O3/c1-8(2)6-11(14(18)19-5)15-10-7-12(17)16-13(10)9(3)4/h7-9,11,13,15H,6H2,1-5H3,(H,16,17)/t11-,13-/m0/s1. The Bertz CT molecular complexity index is 375. The van der Waals surface area contributed by atoms with Crippen LogP contribution in [0.5, 0.6) is 0 Å². The number of hydrogen-bond donors (Lipinski definition) is 2. The van der Waals surface area contributed by atoms with Crippen LogP contribution in [-0.2, 0) is 14.3 Å². The lowest BCUT2D eigenvalue weighted by atomic mass is 9.99. The number of nitrogens with one attached hydrogen (secondary N) is 2. The van der Waals surface area contributed by atoms with Gasteiger partial charge in [0.2, 0.25) is 5.91 Å². The fourth-order valence-electron chi connectivity index (χ4n) is 2.19. The van der Waals surface area contributed by atoms with Crippen molar-refractivity contribution in [2.75, 3.05) is 7.11 Å². The van der Waals surface area contributed by atoms with E-state index < -0.39 is 6.04 Å². The first-order valence-electron chi connectivity index (χ1n) is 6.71. The number of carbonyl (C=O) groups is 2. The minimum atomic E-state index is -0.412. The molecule has 0 saturated heterocycles. The smallest absolute Gasteiger partial charge is 0.328 e. The van der Waals surface area contributed by atoms with E-state index in [1.54, 1.807) is 0 Å². The molecule has 5 nitrogen and oxygen atoms in total. The minimum Gasteiger partial charge on any atom is -0.467 e. The average Bonchev–Trinajstić information content (AvgIpc) is 2.68. The molecular formula is C14H24N2O3. The molecule has 0 aromatic heterocycles. The van der Waals surface area contributed by atoms with Gasteiger partial charge in [0, 0.05) is 11.8 Å². The minimum absolute atomic E-state index is 0.0631. The van der Waals surface area contributed by atoms with Gasteiger partial charge >= 0.3 is 5.97 Å². The van der Waals surface area contributed by atoms with Gasteiger partial charge in [-0.25, -0.2) is 4.79 Å². The predicted molar refractivity (Wildman–Crippen MR) is 73.2 cm³/mol. The Hall–Kier alpha value is -1.52. The molecule has 0 spiro atoms. The third-order valence-electron chi connectivity index (χ3n) is 3.12. The molecule has 0 unspecified atom stereocenters. The van der Waals surface area contributed by atoms with E-state index in [2.05, 4.69) is 10.6 Å². The maximum atomic E-state index is 11.8. The topological polar surface area (TPSA) is 67.4 Å². The van der Waals surface area contributed by atoms with Crippen molar-refractivity contribution in [3.63, 3.8) is 0 Å². The Morgan fingerprint density at radius 2 is 2.05 bits per heavy atom. The van der Waals surface area contributed by atoms with E-state index >= 15 is 0 Å². The van der Waals surface area contributed by atoms with Crippen molar-refractivity contribution >= 4 is 11.9 Å². The Balaban J connectivity index is 2.80. The van der Waals surface area contributed by atoms with Crippen LogP contribution in [0.25, 0.3) is 0 Å². The molecule has 2 N–H and O–H groups in total. The highest BCUT2D eigenvalue weighted by Gasteiger charge is 2.30. The Labute approximate surface area is 114 Å². The molecule has 1 rings (SSSR count). The number of ether oxygens (including phenoxy) is 1. The molecule has 0 aromatic carbocycles.